The third-order valence-electron chi connectivity index (χ3n) is 2.76. The van der Waals surface area contributed by atoms with Crippen LogP contribution in [0, 0.1) is 0 Å². The Morgan fingerprint density at radius 2 is 1.95 bits per heavy atom. The van der Waals surface area contributed by atoms with Gasteiger partial charge in [0.1, 0.15) is 0 Å². The van der Waals surface area contributed by atoms with Gasteiger partial charge in [-0.05, 0) is 31.7 Å². The minimum atomic E-state index is -4.53. The number of benzene rings is 1. The summed E-state index contributed by atoms with van der Waals surface area (Å²) in [6.07, 6.45) is -4.53. The highest BCUT2D eigenvalue weighted by atomic mass is 35.5. The van der Waals surface area contributed by atoms with Gasteiger partial charge in [-0.15, -0.1) is 0 Å². The molecule has 1 atom stereocenters. The third kappa shape index (κ3) is 5.05. The fourth-order valence-electron chi connectivity index (χ4n) is 1.49. The Kier molecular flexibility index (Phi) is 5.89. The van der Waals surface area contributed by atoms with Crippen LogP contribution in [0.2, 0.25) is 5.02 Å². The summed E-state index contributed by atoms with van der Waals surface area (Å²) in [5, 5.41) is 1.83. The van der Waals surface area contributed by atoms with Crippen molar-refractivity contribution in [2.24, 2.45) is 0 Å². The number of hydrogen-bond acceptors (Lipinski definition) is 3. The van der Waals surface area contributed by atoms with Gasteiger partial charge in [0.05, 0.1) is 21.5 Å². The lowest BCUT2D eigenvalue weighted by Gasteiger charge is -2.16. The highest BCUT2D eigenvalue weighted by Gasteiger charge is 2.31. The van der Waals surface area contributed by atoms with Crippen LogP contribution in [0.25, 0.3) is 0 Å². The Bertz CT molecular complexity index is 591. The first-order valence-electron chi connectivity index (χ1n) is 6.17. The average Bonchev–Trinajstić information content (AvgIpc) is 2.36. The zero-order valence-corrected chi connectivity index (χ0v) is 13.0. The Balaban J connectivity index is 2.93. The van der Waals surface area contributed by atoms with Crippen LogP contribution in [0.5, 0.6) is 0 Å². The number of nitrogens with one attached hydrogen (secondary N) is 2. The SMILES string of the molecule is CCNCC(C)S(=O)(=O)Nc1ccc(C(F)(F)F)cc1Cl. The monoisotopic (exact) mass is 344 g/mol. The molecule has 0 aromatic heterocycles. The topological polar surface area (TPSA) is 58.2 Å². The second kappa shape index (κ2) is 6.85. The van der Waals surface area contributed by atoms with Gasteiger partial charge in [0.15, 0.2) is 0 Å². The summed E-state index contributed by atoms with van der Waals surface area (Å²) in [5.74, 6) is 0. The largest absolute Gasteiger partial charge is 0.416 e. The van der Waals surface area contributed by atoms with Crippen LogP contribution in [0.1, 0.15) is 19.4 Å². The molecule has 0 spiro atoms. The molecule has 0 radical (unpaired) electrons. The molecule has 1 aromatic rings. The van der Waals surface area contributed by atoms with E-state index in [4.69, 9.17) is 11.6 Å². The van der Waals surface area contributed by atoms with Crippen molar-refractivity contribution in [3.63, 3.8) is 0 Å². The predicted molar refractivity (Wildman–Crippen MR) is 77.0 cm³/mol. The van der Waals surface area contributed by atoms with Crippen LogP contribution in [-0.4, -0.2) is 26.8 Å². The fraction of sp³-hybridized carbons (Fsp3) is 0.500. The summed E-state index contributed by atoms with van der Waals surface area (Å²) in [6.45, 7) is 4.16. The lowest BCUT2D eigenvalue weighted by molar-refractivity contribution is -0.137. The molecule has 0 aliphatic rings. The molecular weight excluding hydrogens is 329 g/mol. The Hall–Kier alpha value is -0.990. The molecular formula is C12H16ClF3N2O2S. The van der Waals surface area contributed by atoms with E-state index in [1.165, 1.54) is 6.92 Å². The van der Waals surface area contributed by atoms with Gasteiger partial charge in [-0.1, -0.05) is 18.5 Å². The minimum absolute atomic E-state index is 0.0759. The summed E-state index contributed by atoms with van der Waals surface area (Å²) < 4.78 is 63.7. The second-order valence-electron chi connectivity index (χ2n) is 4.46. The lowest BCUT2D eigenvalue weighted by Crippen LogP contribution is -2.34. The van der Waals surface area contributed by atoms with Gasteiger partial charge in [-0.25, -0.2) is 8.42 Å². The molecule has 4 nitrogen and oxygen atoms in total. The number of rotatable bonds is 6. The molecule has 0 amide bonds. The molecule has 1 unspecified atom stereocenters. The van der Waals surface area contributed by atoms with Gasteiger partial charge in [0.2, 0.25) is 10.0 Å². The second-order valence-corrected chi connectivity index (χ2v) is 6.96. The third-order valence-corrected chi connectivity index (χ3v) is 4.80. The summed E-state index contributed by atoms with van der Waals surface area (Å²) >= 11 is 5.71. The van der Waals surface area contributed by atoms with Crippen molar-refractivity contribution in [3.05, 3.63) is 28.8 Å². The summed E-state index contributed by atoms with van der Waals surface area (Å²) in [5.41, 5.74) is -1.01. The number of anilines is 1. The molecule has 21 heavy (non-hydrogen) atoms. The lowest BCUT2D eigenvalue weighted by atomic mass is 10.2. The molecule has 0 fully saturated rings. The zero-order valence-electron chi connectivity index (χ0n) is 11.5. The number of hydrogen-bond donors (Lipinski definition) is 2. The van der Waals surface area contributed by atoms with E-state index in [9.17, 15) is 21.6 Å². The van der Waals surface area contributed by atoms with Crippen LogP contribution in [0.3, 0.4) is 0 Å². The van der Waals surface area contributed by atoms with E-state index in [0.717, 1.165) is 12.1 Å². The fourth-order valence-corrected chi connectivity index (χ4v) is 2.79. The molecule has 0 aliphatic carbocycles. The van der Waals surface area contributed by atoms with Gasteiger partial charge in [-0.3, -0.25) is 4.72 Å². The molecule has 0 aliphatic heterocycles. The first-order chi connectivity index (χ1) is 9.58. The predicted octanol–water partition coefficient (Wildman–Crippen LogP) is 3.10. The Morgan fingerprint density at radius 3 is 2.43 bits per heavy atom. The van der Waals surface area contributed by atoms with Crippen molar-refractivity contribution in [1.29, 1.82) is 0 Å². The van der Waals surface area contributed by atoms with E-state index in [0.29, 0.717) is 12.6 Å². The van der Waals surface area contributed by atoms with Crippen molar-refractivity contribution in [2.75, 3.05) is 17.8 Å². The normalized spacial score (nSPS) is 14.0. The first-order valence-corrected chi connectivity index (χ1v) is 8.09. The molecule has 0 saturated carbocycles. The van der Waals surface area contributed by atoms with Gasteiger partial charge in [-0.2, -0.15) is 13.2 Å². The van der Waals surface area contributed by atoms with Crippen LogP contribution in [-0.2, 0) is 16.2 Å². The molecule has 120 valence electrons. The van der Waals surface area contributed by atoms with Crippen molar-refractivity contribution >= 4 is 27.3 Å². The molecule has 1 rings (SSSR count). The maximum atomic E-state index is 12.5. The standard InChI is InChI=1S/C12H16ClF3N2O2S/c1-3-17-7-8(2)21(19,20)18-11-5-4-9(6-10(11)13)12(14,15)16/h4-6,8,17-18H,3,7H2,1-2H3. The van der Waals surface area contributed by atoms with Crippen molar-refractivity contribution in [1.82, 2.24) is 5.32 Å². The van der Waals surface area contributed by atoms with Crippen molar-refractivity contribution in [3.8, 4) is 0 Å². The van der Waals surface area contributed by atoms with Gasteiger partial charge in [0, 0.05) is 6.54 Å². The van der Waals surface area contributed by atoms with E-state index in [2.05, 4.69) is 10.0 Å². The minimum Gasteiger partial charge on any atom is -0.316 e. The number of sulfonamides is 1. The van der Waals surface area contributed by atoms with Crippen molar-refractivity contribution < 1.29 is 21.6 Å². The van der Waals surface area contributed by atoms with E-state index in [1.807, 2.05) is 6.92 Å². The summed E-state index contributed by atoms with van der Waals surface area (Å²) in [7, 11) is -3.73. The average molecular weight is 345 g/mol. The van der Waals surface area contributed by atoms with Crippen molar-refractivity contribution in [2.45, 2.75) is 25.3 Å². The molecule has 0 heterocycles. The van der Waals surface area contributed by atoms with E-state index < -0.39 is 27.0 Å². The highest BCUT2D eigenvalue weighted by Crippen LogP contribution is 2.34. The maximum Gasteiger partial charge on any atom is 0.416 e. The van der Waals surface area contributed by atoms with E-state index in [-0.39, 0.29) is 17.3 Å². The zero-order chi connectivity index (χ0) is 16.3. The van der Waals surface area contributed by atoms with Crippen LogP contribution < -0.4 is 10.0 Å². The van der Waals surface area contributed by atoms with Crippen LogP contribution in [0.4, 0.5) is 18.9 Å². The molecule has 0 saturated heterocycles. The quantitative estimate of drug-likeness (QED) is 0.833. The Labute approximate surface area is 126 Å². The van der Waals surface area contributed by atoms with Gasteiger partial charge >= 0.3 is 6.18 Å². The molecule has 1 aromatic carbocycles. The molecule has 2 N–H and O–H groups in total. The number of alkyl halides is 3. The first kappa shape index (κ1) is 18.1. The van der Waals surface area contributed by atoms with E-state index >= 15 is 0 Å². The molecule has 0 bridgehead atoms. The van der Waals surface area contributed by atoms with E-state index in [1.54, 1.807) is 0 Å². The van der Waals surface area contributed by atoms with Gasteiger partial charge < -0.3 is 5.32 Å². The van der Waals surface area contributed by atoms with Crippen LogP contribution in [0.15, 0.2) is 18.2 Å². The van der Waals surface area contributed by atoms with Crippen LogP contribution >= 0.6 is 11.6 Å². The summed E-state index contributed by atoms with van der Waals surface area (Å²) in [4.78, 5) is 0. The van der Waals surface area contributed by atoms with Gasteiger partial charge in [0.25, 0.3) is 0 Å². The smallest absolute Gasteiger partial charge is 0.316 e. The molecule has 9 heteroatoms. The number of halogens is 4. The maximum absolute atomic E-state index is 12.5. The summed E-state index contributed by atoms with van der Waals surface area (Å²) in [6, 6.07) is 2.47. The Morgan fingerprint density at radius 1 is 1.33 bits per heavy atom. The highest BCUT2D eigenvalue weighted by molar-refractivity contribution is 7.93.